The number of rotatable bonds is 3. The number of alkyl halides is 2. The van der Waals surface area contributed by atoms with E-state index in [0.29, 0.717) is 0 Å². The standard InChI is InChI=1S/C9H5BrF2N2O2/c10-8-4(2-13)3-14-5(1-6(15)16)7(8)9(11)12/h3,9H,1H2,(H,15,16). The third kappa shape index (κ3) is 2.52. The molecule has 0 saturated heterocycles. The van der Waals surface area contributed by atoms with Crippen LogP contribution < -0.4 is 0 Å². The van der Waals surface area contributed by atoms with Crippen molar-refractivity contribution in [2.75, 3.05) is 0 Å². The van der Waals surface area contributed by atoms with E-state index in [1.807, 2.05) is 0 Å². The molecular formula is C9H5BrF2N2O2. The summed E-state index contributed by atoms with van der Waals surface area (Å²) >= 11 is 2.85. The van der Waals surface area contributed by atoms with Crippen LogP contribution >= 0.6 is 15.9 Å². The van der Waals surface area contributed by atoms with Gasteiger partial charge >= 0.3 is 5.97 Å². The third-order valence-electron chi connectivity index (χ3n) is 1.79. The number of nitrogens with zero attached hydrogens (tertiary/aromatic N) is 2. The first-order chi connectivity index (χ1) is 7.47. The Hall–Kier alpha value is -1.55. The lowest BCUT2D eigenvalue weighted by molar-refractivity contribution is -0.136. The molecule has 0 bridgehead atoms. The minimum Gasteiger partial charge on any atom is -0.481 e. The number of carboxylic acid groups (broad SMARTS) is 1. The normalized spacial score (nSPS) is 10.2. The van der Waals surface area contributed by atoms with Gasteiger partial charge in [0.2, 0.25) is 0 Å². The topological polar surface area (TPSA) is 74.0 Å². The summed E-state index contributed by atoms with van der Waals surface area (Å²) in [7, 11) is 0. The average molecular weight is 291 g/mol. The van der Waals surface area contributed by atoms with Crippen molar-refractivity contribution in [1.82, 2.24) is 4.98 Å². The van der Waals surface area contributed by atoms with Crippen LogP contribution in [0.15, 0.2) is 10.7 Å². The maximum Gasteiger partial charge on any atom is 0.309 e. The van der Waals surface area contributed by atoms with Crippen molar-refractivity contribution in [3.8, 4) is 6.07 Å². The van der Waals surface area contributed by atoms with Crippen molar-refractivity contribution < 1.29 is 18.7 Å². The van der Waals surface area contributed by atoms with Crippen LogP contribution in [-0.4, -0.2) is 16.1 Å². The maximum absolute atomic E-state index is 12.7. The van der Waals surface area contributed by atoms with Crippen LogP contribution in [0, 0.1) is 11.3 Å². The summed E-state index contributed by atoms with van der Waals surface area (Å²) in [5.74, 6) is -1.26. The fraction of sp³-hybridized carbons (Fsp3) is 0.222. The zero-order valence-corrected chi connectivity index (χ0v) is 9.33. The molecule has 0 aliphatic heterocycles. The molecule has 0 unspecified atom stereocenters. The van der Waals surface area contributed by atoms with Gasteiger partial charge in [0.15, 0.2) is 0 Å². The van der Waals surface area contributed by atoms with Gasteiger partial charge in [0.1, 0.15) is 6.07 Å². The molecule has 0 fully saturated rings. The summed E-state index contributed by atoms with van der Waals surface area (Å²) < 4.78 is 25.3. The Labute approximate surface area is 97.7 Å². The summed E-state index contributed by atoms with van der Waals surface area (Å²) in [6.45, 7) is 0. The average Bonchev–Trinajstić information content (AvgIpc) is 2.16. The molecule has 1 aromatic rings. The highest BCUT2D eigenvalue weighted by Crippen LogP contribution is 2.32. The van der Waals surface area contributed by atoms with Gasteiger partial charge in [0.05, 0.1) is 23.2 Å². The third-order valence-corrected chi connectivity index (χ3v) is 2.65. The first-order valence-electron chi connectivity index (χ1n) is 4.04. The Morgan fingerprint density at radius 3 is 2.75 bits per heavy atom. The predicted octanol–water partition coefficient (Wildman–Crippen LogP) is 2.28. The van der Waals surface area contributed by atoms with Gasteiger partial charge in [-0.25, -0.2) is 8.78 Å². The molecule has 16 heavy (non-hydrogen) atoms. The van der Waals surface area contributed by atoms with E-state index >= 15 is 0 Å². The van der Waals surface area contributed by atoms with Crippen molar-refractivity contribution in [2.45, 2.75) is 12.8 Å². The monoisotopic (exact) mass is 290 g/mol. The molecule has 1 rings (SSSR count). The maximum atomic E-state index is 12.7. The number of nitriles is 1. The smallest absolute Gasteiger partial charge is 0.309 e. The Morgan fingerprint density at radius 1 is 1.69 bits per heavy atom. The number of hydrogen-bond acceptors (Lipinski definition) is 3. The van der Waals surface area contributed by atoms with Crippen molar-refractivity contribution in [2.24, 2.45) is 0 Å². The van der Waals surface area contributed by atoms with E-state index < -0.39 is 24.4 Å². The van der Waals surface area contributed by atoms with Gasteiger partial charge in [-0.2, -0.15) is 5.26 Å². The molecule has 84 valence electrons. The van der Waals surface area contributed by atoms with Gasteiger partial charge in [0.25, 0.3) is 6.43 Å². The van der Waals surface area contributed by atoms with Crippen molar-refractivity contribution in [3.05, 3.63) is 27.5 Å². The second-order valence-electron chi connectivity index (χ2n) is 2.83. The summed E-state index contributed by atoms with van der Waals surface area (Å²) in [5, 5.41) is 17.1. The number of carboxylic acids is 1. The van der Waals surface area contributed by atoms with Crippen molar-refractivity contribution in [1.29, 1.82) is 5.26 Å². The van der Waals surface area contributed by atoms with Crippen LogP contribution in [-0.2, 0) is 11.2 Å². The molecule has 0 saturated carbocycles. The second kappa shape index (κ2) is 4.99. The van der Waals surface area contributed by atoms with Crippen LogP contribution in [0.25, 0.3) is 0 Å². The molecule has 0 radical (unpaired) electrons. The highest BCUT2D eigenvalue weighted by molar-refractivity contribution is 9.10. The molecule has 1 aromatic heterocycles. The van der Waals surface area contributed by atoms with E-state index in [4.69, 9.17) is 10.4 Å². The molecule has 0 amide bonds. The Bertz CT molecular complexity index is 471. The molecule has 7 heteroatoms. The zero-order chi connectivity index (χ0) is 12.3. The lowest BCUT2D eigenvalue weighted by atomic mass is 10.1. The molecular weight excluding hydrogens is 286 g/mol. The fourth-order valence-corrected chi connectivity index (χ4v) is 1.72. The summed E-state index contributed by atoms with van der Waals surface area (Å²) in [6, 6.07) is 1.68. The number of aromatic nitrogens is 1. The van der Waals surface area contributed by atoms with Gasteiger partial charge in [-0.05, 0) is 15.9 Å². The molecule has 0 spiro atoms. The van der Waals surface area contributed by atoms with Crippen LogP contribution in [0.4, 0.5) is 8.78 Å². The number of pyridine rings is 1. The fourth-order valence-electron chi connectivity index (χ4n) is 1.12. The predicted molar refractivity (Wildman–Crippen MR) is 52.9 cm³/mol. The molecule has 0 atom stereocenters. The van der Waals surface area contributed by atoms with Crippen LogP contribution in [0.2, 0.25) is 0 Å². The lowest BCUT2D eigenvalue weighted by Crippen LogP contribution is -2.08. The first-order valence-corrected chi connectivity index (χ1v) is 4.84. The summed E-state index contributed by atoms with van der Waals surface area (Å²) in [5.41, 5.74) is -0.834. The van der Waals surface area contributed by atoms with E-state index in [9.17, 15) is 13.6 Å². The van der Waals surface area contributed by atoms with Gasteiger partial charge < -0.3 is 5.11 Å². The second-order valence-corrected chi connectivity index (χ2v) is 3.62. The SMILES string of the molecule is N#Cc1cnc(CC(=O)O)c(C(F)F)c1Br. The number of hydrogen-bond donors (Lipinski definition) is 1. The molecule has 1 N–H and O–H groups in total. The van der Waals surface area contributed by atoms with E-state index in [0.717, 1.165) is 6.20 Å². The number of aliphatic carboxylic acids is 1. The van der Waals surface area contributed by atoms with Crippen LogP contribution in [0.1, 0.15) is 23.2 Å². The molecule has 0 aliphatic carbocycles. The highest BCUT2D eigenvalue weighted by Gasteiger charge is 2.22. The molecule has 0 aromatic carbocycles. The van der Waals surface area contributed by atoms with Crippen LogP contribution in [0.3, 0.4) is 0 Å². The van der Waals surface area contributed by atoms with Crippen LogP contribution in [0.5, 0.6) is 0 Å². The van der Waals surface area contributed by atoms with E-state index in [1.165, 1.54) is 0 Å². The van der Waals surface area contributed by atoms with E-state index in [-0.39, 0.29) is 15.7 Å². The Balaban J connectivity index is 3.35. The Morgan fingerprint density at radius 2 is 2.31 bits per heavy atom. The summed E-state index contributed by atoms with van der Waals surface area (Å²) in [4.78, 5) is 14.0. The Kier molecular flexibility index (Phi) is 3.90. The highest BCUT2D eigenvalue weighted by atomic mass is 79.9. The number of carbonyl (C=O) groups is 1. The zero-order valence-electron chi connectivity index (χ0n) is 7.75. The first kappa shape index (κ1) is 12.5. The molecule has 4 nitrogen and oxygen atoms in total. The largest absolute Gasteiger partial charge is 0.481 e. The van der Waals surface area contributed by atoms with Gasteiger partial charge in [-0.3, -0.25) is 9.78 Å². The van der Waals surface area contributed by atoms with Crippen molar-refractivity contribution in [3.63, 3.8) is 0 Å². The summed E-state index contributed by atoms with van der Waals surface area (Å²) in [6.07, 6.45) is -2.43. The van der Waals surface area contributed by atoms with E-state index in [2.05, 4.69) is 20.9 Å². The van der Waals surface area contributed by atoms with Gasteiger partial charge in [-0.15, -0.1) is 0 Å². The lowest BCUT2D eigenvalue weighted by Gasteiger charge is -2.09. The van der Waals surface area contributed by atoms with Crippen molar-refractivity contribution >= 4 is 21.9 Å². The quantitative estimate of drug-likeness (QED) is 0.927. The van der Waals surface area contributed by atoms with Gasteiger partial charge in [-0.1, -0.05) is 0 Å². The number of halogens is 3. The van der Waals surface area contributed by atoms with E-state index in [1.54, 1.807) is 6.07 Å². The molecule has 1 heterocycles. The minimum absolute atomic E-state index is 0.0514. The molecule has 0 aliphatic rings. The minimum atomic E-state index is -2.88. The van der Waals surface area contributed by atoms with Gasteiger partial charge in [0, 0.05) is 10.7 Å².